The van der Waals surface area contributed by atoms with Crippen molar-refractivity contribution >= 4 is 17.8 Å². The first-order chi connectivity index (χ1) is 14.5. The minimum absolute atomic E-state index is 0. The molecule has 1 amide bonds. The van der Waals surface area contributed by atoms with Crippen molar-refractivity contribution in [2.24, 2.45) is 0 Å². The summed E-state index contributed by atoms with van der Waals surface area (Å²) in [7, 11) is 0. The van der Waals surface area contributed by atoms with E-state index in [-0.39, 0.29) is 29.4 Å². The quantitative estimate of drug-likeness (QED) is 0.521. The molecule has 1 aromatic rings. The maximum atomic E-state index is 13.3. The van der Waals surface area contributed by atoms with Crippen molar-refractivity contribution in [1.82, 2.24) is 15.3 Å². The molecule has 2 aliphatic heterocycles. The number of ether oxygens (including phenoxy) is 1. The number of carboxylic acid groups (broad SMARTS) is 1. The Bertz CT molecular complexity index is 746. The minimum atomic E-state index is -0.986. The Balaban J connectivity index is 0.00000256. The molecule has 10 nitrogen and oxygen atoms in total. The van der Waals surface area contributed by atoms with Gasteiger partial charge in [-0.2, -0.15) is 0 Å². The van der Waals surface area contributed by atoms with E-state index in [2.05, 4.69) is 5.32 Å². The van der Waals surface area contributed by atoms with Crippen LogP contribution in [-0.2, 0) is 25.5 Å². The van der Waals surface area contributed by atoms with E-state index in [9.17, 15) is 19.5 Å². The first-order valence-corrected chi connectivity index (χ1v) is 10.8. The Labute approximate surface area is 188 Å². The fourth-order valence-corrected chi connectivity index (χ4v) is 4.26. The molecule has 2 aliphatic rings. The first kappa shape index (κ1) is 27.5. The van der Waals surface area contributed by atoms with Crippen LogP contribution in [-0.4, -0.2) is 81.7 Å². The molecule has 0 radical (unpaired) electrons. The van der Waals surface area contributed by atoms with Crippen LogP contribution in [0.15, 0.2) is 30.3 Å². The molecule has 1 aromatic carbocycles. The van der Waals surface area contributed by atoms with E-state index in [4.69, 9.17) is 4.74 Å². The lowest BCUT2D eigenvalue weighted by Gasteiger charge is -2.42. The summed E-state index contributed by atoms with van der Waals surface area (Å²) in [6, 6.07) is 7.77. The number of amides is 1. The van der Waals surface area contributed by atoms with Crippen LogP contribution in [0.4, 0.5) is 0 Å². The van der Waals surface area contributed by atoms with Gasteiger partial charge >= 0.3 is 11.9 Å². The number of esters is 1. The third-order valence-electron chi connectivity index (χ3n) is 5.75. The molecular formula is C22H35N3O7. The average Bonchev–Trinajstić information content (AvgIpc) is 2.90. The molecule has 180 valence electrons. The maximum absolute atomic E-state index is 13.3. The molecule has 3 atom stereocenters. The summed E-state index contributed by atoms with van der Waals surface area (Å²) in [6.45, 7) is 3.34. The number of carboxylic acids is 1. The van der Waals surface area contributed by atoms with Gasteiger partial charge in [-0.05, 0) is 51.0 Å². The van der Waals surface area contributed by atoms with Gasteiger partial charge in [0.05, 0.1) is 12.6 Å². The maximum Gasteiger partial charge on any atom is 0.328 e. The monoisotopic (exact) mass is 453 g/mol. The predicted molar refractivity (Wildman–Crippen MR) is 118 cm³/mol. The number of aliphatic carboxylic acids is 1. The second-order valence-electron chi connectivity index (χ2n) is 7.82. The number of hydrogen-bond donors (Lipinski definition) is 2. The summed E-state index contributed by atoms with van der Waals surface area (Å²) in [5, 5.41) is 16.1. The van der Waals surface area contributed by atoms with Gasteiger partial charge in [0.15, 0.2) is 0 Å². The molecule has 0 unspecified atom stereocenters. The minimum Gasteiger partial charge on any atom is -0.480 e. The summed E-state index contributed by atoms with van der Waals surface area (Å²) in [5.74, 6) is -1.64. The molecule has 3 rings (SSSR count). The Morgan fingerprint density at radius 2 is 1.81 bits per heavy atom. The smallest absolute Gasteiger partial charge is 0.328 e. The number of carbonyl (C=O) groups is 3. The van der Waals surface area contributed by atoms with Crippen LogP contribution in [0.25, 0.3) is 0 Å². The molecule has 0 bridgehead atoms. The molecule has 32 heavy (non-hydrogen) atoms. The van der Waals surface area contributed by atoms with Gasteiger partial charge in [-0.1, -0.05) is 30.3 Å². The molecule has 0 saturated carbocycles. The number of nitrogens with one attached hydrogen (secondary N) is 1. The van der Waals surface area contributed by atoms with Crippen molar-refractivity contribution < 1.29 is 35.2 Å². The normalized spacial score (nSPS) is 21.9. The standard InChI is InChI=1S/C22H31N3O5.2H2O/c1-2-30-22(29)18(13-12-16-8-4-3-5-9-16)23-17-10-6-14-24-15-7-11-19(21(27)28)25(24)20(17)26;;/h3-5,8-9,17-19,23H,2,6-7,10-15H2,1H3,(H,27,28);2*1H2/t17-,18-,19-;;/m0../s1. The van der Waals surface area contributed by atoms with Gasteiger partial charge in [-0.25, -0.2) is 9.80 Å². The SMILES string of the molecule is CCOC(=O)[C@H](CCc1ccccc1)N[C@H]1CCCN2CCC[C@@H](C(=O)O)N2C1=O.O.O. The zero-order valence-electron chi connectivity index (χ0n) is 18.5. The highest BCUT2D eigenvalue weighted by Crippen LogP contribution is 2.24. The van der Waals surface area contributed by atoms with Gasteiger partial charge in [0.25, 0.3) is 5.91 Å². The number of hydrazine groups is 1. The van der Waals surface area contributed by atoms with Crippen LogP contribution in [0, 0.1) is 0 Å². The van der Waals surface area contributed by atoms with Crippen LogP contribution >= 0.6 is 0 Å². The van der Waals surface area contributed by atoms with Gasteiger partial charge in [0.1, 0.15) is 12.1 Å². The number of nitrogens with zero attached hydrogens (tertiary/aromatic N) is 2. The Morgan fingerprint density at radius 3 is 2.44 bits per heavy atom. The van der Waals surface area contributed by atoms with E-state index in [0.29, 0.717) is 38.8 Å². The van der Waals surface area contributed by atoms with E-state index in [1.54, 1.807) is 6.92 Å². The first-order valence-electron chi connectivity index (χ1n) is 10.8. The van der Waals surface area contributed by atoms with Crippen LogP contribution < -0.4 is 5.32 Å². The Kier molecular flexibility index (Phi) is 11.3. The van der Waals surface area contributed by atoms with E-state index >= 15 is 0 Å². The molecule has 0 aromatic heterocycles. The molecule has 2 saturated heterocycles. The number of carbonyl (C=O) groups excluding carboxylic acids is 2. The fraction of sp³-hybridized carbons (Fsp3) is 0.591. The third kappa shape index (κ3) is 6.73. The molecule has 10 heteroatoms. The Morgan fingerprint density at radius 1 is 1.16 bits per heavy atom. The lowest BCUT2D eigenvalue weighted by Crippen LogP contribution is -2.61. The lowest BCUT2D eigenvalue weighted by molar-refractivity contribution is -0.174. The summed E-state index contributed by atoms with van der Waals surface area (Å²) < 4.78 is 5.24. The molecule has 2 heterocycles. The van der Waals surface area contributed by atoms with Crippen molar-refractivity contribution in [3.05, 3.63) is 35.9 Å². The Hall–Kier alpha value is -2.53. The summed E-state index contributed by atoms with van der Waals surface area (Å²) >= 11 is 0. The highest BCUT2D eigenvalue weighted by atomic mass is 16.5. The van der Waals surface area contributed by atoms with E-state index in [0.717, 1.165) is 18.4 Å². The average molecular weight is 454 g/mol. The highest BCUT2D eigenvalue weighted by Gasteiger charge is 2.42. The molecule has 6 N–H and O–H groups in total. The fourth-order valence-electron chi connectivity index (χ4n) is 4.26. The van der Waals surface area contributed by atoms with Gasteiger partial charge in [0, 0.05) is 13.1 Å². The number of benzene rings is 1. The number of fused-ring (bicyclic) bond motifs is 1. The van der Waals surface area contributed by atoms with E-state index in [1.165, 1.54) is 5.01 Å². The topological polar surface area (TPSA) is 162 Å². The summed E-state index contributed by atoms with van der Waals surface area (Å²) in [4.78, 5) is 37.6. The molecule has 2 fully saturated rings. The van der Waals surface area contributed by atoms with Gasteiger partial charge in [0.2, 0.25) is 0 Å². The second-order valence-corrected chi connectivity index (χ2v) is 7.82. The van der Waals surface area contributed by atoms with Crippen LogP contribution in [0.1, 0.15) is 44.6 Å². The van der Waals surface area contributed by atoms with Gasteiger partial charge < -0.3 is 20.8 Å². The van der Waals surface area contributed by atoms with Crippen molar-refractivity contribution in [3.8, 4) is 0 Å². The lowest BCUT2D eigenvalue weighted by atomic mass is 10.0. The largest absolute Gasteiger partial charge is 0.480 e. The zero-order chi connectivity index (χ0) is 21.5. The van der Waals surface area contributed by atoms with Gasteiger partial charge in [-0.15, -0.1) is 0 Å². The number of rotatable bonds is 8. The summed E-state index contributed by atoms with van der Waals surface area (Å²) in [6.07, 6.45) is 3.67. The van der Waals surface area contributed by atoms with Crippen LogP contribution in [0.3, 0.4) is 0 Å². The second kappa shape index (κ2) is 13.1. The van der Waals surface area contributed by atoms with Crippen molar-refractivity contribution in [3.63, 3.8) is 0 Å². The molecule has 0 aliphatic carbocycles. The van der Waals surface area contributed by atoms with Crippen molar-refractivity contribution in [2.45, 2.75) is 63.6 Å². The van der Waals surface area contributed by atoms with E-state index < -0.39 is 24.1 Å². The number of hydrogen-bond acceptors (Lipinski definition) is 6. The highest BCUT2D eigenvalue weighted by molar-refractivity contribution is 5.87. The van der Waals surface area contributed by atoms with Gasteiger partial charge in [-0.3, -0.25) is 19.9 Å². The van der Waals surface area contributed by atoms with Crippen LogP contribution in [0.5, 0.6) is 0 Å². The van der Waals surface area contributed by atoms with Crippen LogP contribution in [0.2, 0.25) is 0 Å². The zero-order valence-corrected chi connectivity index (χ0v) is 18.5. The van der Waals surface area contributed by atoms with E-state index in [1.807, 2.05) is 35.3 Å². The summed E-state index contributed by atoms with van der Waals surface area (Å²) in [5.41, 5.74) is 1.11. The van der Waals surface area contributed by atoms with Crippen molar-refractivity contribution in [2.75, 3.05) is 19.7 Å². The molecule has 0 spiro atoms. The predicted octanol–water partition coefficient (Wildman–Crippen LogP) is -0.0539. The van der Waals surface area contributed by atoms with Crippen molar-refractivity contribution in [1.29, 1.82) is 0 Å². The number of aryl methyl sites for hydroxylation is 1. The third-order valence-corrected chi connectivity index (χ3v) is 5.75. The molecular weight excluding hydrogens is 418 g/mol.